The molecule has 0 spiro atoms. The van der Waals surface area contributed by atoms with Gasteiger partial charge in [0.2, 0.25) is 11.8 Å². The van der Waals surface area contributed by atoms with Crippen LogP contribution >= 0.6 is 0 Å². The van der Waals surface area contributed by atoms with Gasteiger partial charge in [0.25, 0.3) is 0 Å². The van der Waals surface area contributed by atoms with E-state index < -0.39 is 0 Å². The van der Waals surface area contributed by atoms with Crippen molar-refractivity contribution in [2.24, 2.45) is 0 Å². The lowest BCUT2D eigenvalue weighted by molar-refractivity contribution is -0.120. The Morgan fingerprint density at radius 2 is 1.88 bits per heavy atom. The van der Waals surface area contributed by atoms with E-state index in [0.29, 0.717) is 13.1 Å². The molecule has 2 rings (SSSR count). The van der Waals surface area contributed by atoms with Crippen molar-refractivity contribution in [1.82, 2.24) is 15.6 Å². The molecular weight excluding hydrogens is 304 g/mol. The molecule has 6 heteroatoms. The molecule has 0 atom stereocenters. The third-order valence-electron chi connectivity index (χ3n) is 3.33. The highest BCUT2D eigenvalue weighted by atomic mass is 16.2. The van der Waals surface area contributed by atoms with E-state index in [0.717, 1.165) is 23.4 Å². The van der Waals surface area contributed by atoms with Crippen LogP contribution in [-0.4, -0.2) is 29.9 Å². The fourth-order valence-corrected chi connectivity index (χ4v) is 2.14. The summed E-state index contributed by atoms with van der Waals surface area (Å²) in [6, 6.07) is 13.2. The zero-order chi connectivity index (χ0) is 17.2. The predicted molar refractivity (Wildman–Crippen MR) is 93.4 cm³/mol. The first-order valence-corrected chi connectivity index (χ1v) is 7.87. The summed E-state index contributed by atoms with van der Waals surface area (Å²) < 4.78 is 0. The predicted octanol–water partition coefficient (Wildman–Crippen LogP) is 1.49. The Morgan fingerprint density at radius 3 is 2.54 bits per heavy atom. The van der Waals surface area contributed by atoms with Crippen molar-refractivity contribution in [1.29, 1.82) is 0 Å². The second-order valence-electron chi connectivity index (χ2n) is 5.40. The van der Waals surface area contributed by atoms with E-state index >= 15 is 0 Å². The first-order valence-electron chi connectivity index (χ1n) is 7.87. The van der Waals surface area contributed by atoms with E-state index in [-0.39, 0.29) is 18.4 Å². The van der Waals surface area contributed by atoms with Gasteiger partial charge in [0.15, 0.2) is 0 Å². The van der Waals surface area contributed by atoms with Gasteiger partial charge in [-0.3, -0.25) is 14.6 Å². The highest BCUT2D eigenvalue weighted by Gasteiger charge is 2.02. The Kier molecular flexibility index (Phi) is 6.91. The fourth-order valence-electron chi connectivity index (χ4n) is 2.14. The second-order valence-corrected chi connectivity index (χ2v) is 5.40. The van der Waals surface area contributed by atoms with E-state index in [2.05, 4.69) is 20.9 Å². The maximum atomic E-state index is 11.8. The Morgan fingerprint density at radius 1 is 1.08 bits per heavy atom. The molecule has 1 heterocycles. The molecule has 0 aliphatic carbocycles. The van der Waals surface area contributed by atoms with Gasteiger partial charge in [-0.15, -0.1) is 0 Å². The quantitative estimate of drug-likeness (QED) is 0.642. The van der Waals surface area contributed by atoms with Crippen molar-refractivity contribution in [3.63, 3.8) is 0 Å². The van der Waals surface area contributed by atoms with Crippen molar-refractivity contribution in [2.75, 3.05) is 18.4 Å². The van der Waals surface area contributed by atoms with Gasteiger partial charge in [-0.05, 0) is 29.8 Å². The van der Waals surface area contributed by atoms with Gasteiger partial charge in [0.1, 0.15) is 0 Å². The average molecular weight is 326 g/mol. The monoisotopic (exact) mass is 326 g/mol. The van der Waals surface area contributed by atoms with E-state index in [1.54, 1.807) is 6.20 Å². The number of aromatic nitrogens is 1. The van der Waals surface area contributed by atoms with Gasteiger partial charge in [0.05, 0.1) is 6.54 Å². The van der Waals surface area contributed by atoms with Crippen LogP contribution in [0.4, 0.5) is 5.69 Å². The summed E-state index contributed by atoms with van der Waals surface area (Å²) in [5, 5.41) is 8.66. The second kappa shape index (κ2) is 9.42. The Bertz CT molecular complexity index is 656. The Labute approximate surface area is 141 Å². The molecule has 0 saturated carbocycles. The van der Waals surface area contributed by atoms with Gasteiger partial charge >= 0.3 is 0 Å². The lowest BCUT2D eigenvalue weighted by atomic mass is 10.2. The van der Waals surface area contributed by atoms with Crippen LogP contribution in [-0.2, 0) is 22.6 Å². The molecule has 2 amide bonds. The SMILES string of the molecule is CC(=O)Nc1ccc(CNC(=O)CNCCc2ccccn2)cc1. The standard InChI is InChI=1S/C18H22N4O2/c1-14(23)22-17-7-5-15(6-8-17)12-21-18(24)13-19-11-9-16-4-2-3-10-20-16/h2-8,10,19H,9,11-13H2,1H3,(H,21,24)(H,22,23). The van der Waals surface area contributed by atoms with Crippen LogP contribution in [0.25, 0.3) is 0 Å². The number of pyridine rings is 1. The molecule has 0 saturated heterocycles. The minimum absolute atomic E-state index is 0.0537. The van der Waals surface area contributed by atoms with Crippen LogP contribution in [0.1, 0.15) is 18.2 Å². The highest BCUT2D eigenvalue weighted by Crippen LogP contribution is 2.09. The van der Waals surface area contributed by atoms with Crippen molar-refractivity contribution < 1.29 is 9.59 Å². The number of carbonyl (C=O) groups excluding carboxylic acids is 2. The van der Waals surface area contributed by atoms with Gasteiger partial charge < -0.3 is 16.0 Å². The number of rotatable bonds is 8. The minimum atomic E-state index is -0.104. The van der Waals surface area contributed by atoms with Gasteiger partial charge in [0, 0.05) is 44.0 Å². The van der Waals surface area contributed by atoms with Crippen LogP contribution in [0.15, 0.2) is 48.7 Å². The number of nitrogens with zero attached hydrogens (tertiary/aromatic N) is 1. The maximum Gasteiger partial charge on any atom is 0.234 e. The molecule has 0 aliphatic rings. The molecule has 126 valence electrons. The molecule has 3 N–H and O–H groups in total. The summed E-state index contributed by atoms with van der Waals surface area (Å²) >= 11 is 0. The van der Waals surface area contributed by atoms with Gasteiger partial charge in [-0.25, -0.2) is 0 Å². The van der Waals surface area contributed by atoms with E-state index in [1.807, 2.05) is 42.5 Å². The van der Waals surface area contributed by atoms with E-state index in [9.17, 15) is 9.59 Å². The number of hydrogen-bond acceptors (Lipinski definition) is 4. The third kappa shape index (κ3) is 6.58. The van der Waals surface area contributed by atoms with Crippen molar-refractivity contribution in [3.8, 4) is 0 Å². The number of hydrogen-bond donors (Lipinski definition) is 3. The summed E-state index contributed by atoms with van der Waals surface area (Å²) in [6.45, 7) is 2.91. The molecule has 1 aromatic heterocycles. The summed E-state index contributed by atoms with van der Waals surface area (Å²) in [7, 11) is 0. The normalized spacial score (nSPS) is 10.2. The molecule has 6 nitrogen and oxygen atoms in total. The minimum Gasteiger partial charge on any atom is -0.351 e. The topological polar surface area (TPSA) is 83.1 Å². The lowest BCUT2D eigenvalue weighted by Crippen LogP contribution is -2.34. The third-order valence-corrected chi connectivity index (χ3v) is 3.33. The molecule has 0 radical (unpaired) electrons. The fraction of sp³-hybridized carbons (Fsp3) is 0.278. The molecule has 2 aromatic rings. The first-order chi connectivity index (χ1) is 11.6. The molecule has 1 aromatic carbocycles. The van der Waals surface area contributed by atoms with Crippen LogP contribution in [0, 0.1) is 0 Å². The van der Waals surface area contributed by atoms with Crippen LogP contribution in [0.5, 0.6) is 0 Å². The average Bonchev–Trinajstić information content (AvgIpc) is 2.58. The number of carbonyl (C=O) groups is 2. The number of benzene rings is 1. The Balaban J connectivity index is 1.63. The molecule has 0 aliphatic heterocycles. The number of anilines is 1. The number of amides is 2. The Hall–Kier alpha value is -2.73. The molecule has 24 heavy (non-hydrogen) atoms. The van der Waals surface area contributed by atoms with Crippen LogP contribution in [0.3, 0.4) is 0 Å². The largest absolute Gasteiger partial charge is 0.351 e. The maximum absolute atomic E-state index is 11.8. The van der Waals surface area contributed by atoms with Crippen molar-refractivity contribution >= 4 is 17.5 Å². The summed E-state index contributed by atoms with van der Waals surface area (Å²) in [5.74, 6) is -0.158. The van der Waals surface area contributed by atoms with E-state index in [4.69, 9.17) is 0 Å². The highest BCUT2D eigenvalue weighted by molar-refractivity contribution is 5.88. The molecule has 0 bridgehead atoms. The van der Waals surface area contributed by atoms with Crippen LogP contribution < -0.4 is 16.0 Å². The summed E-state index contributed by atoms with van der Waals surface area (Å²) in [6.07, 6.45) is 2.55. The molecular formula is C18H22N4O2. The zero-order valence-electron chi connectivity index (χ0n) is 13.7. The van der Waals surface area contributed by atoms with Gasteiger partial charge in [-0.1, -0.05) is 18.2 Å². The zero-order valence-corrected chi connectivity index (χ0v) is 13.7. The number of nitrogens with one attached hydrogen (secondary N) is 3. The van der Waals surface area contributed by atoms with Crippen molar-refractivity contribution in [3.05, 3.63) is 59.9 Å². The van der Waals surface area contributed by atoms with Crippen molar-refractivity contribution in [2.45, 2.75) is 19.9 Å². The van der Waals surface area contributed by atoms with Crippen LogP contribution in [0.2, 0.25) is 0 Å². The molecule has 0 unspecified atom stereocenters. The van der Waals surface area contributed by atoms with E-state index in [1.165, 1.54) is 6.92 Å². The van der Waals surface area contributed by atoms with Gasteiger partial charge in [-0.2, -0.15) is 0 Å². The first kappa shape index (κ1) is 17.6. The lowest BCUT2D eigenvalue weighted by Gasteiger charge is -2.08. The smallest absolute Gasteiger partial charge is 0.234 e. The molecule has 0 fully saturated rings. The summed E-state index contributed by atoms with van der Waals surface area (Å²) in [4.78, 5) is 27.0. The summed E-state index contributed by atoms with van der Waals surface area (Å²) in [5.41, 5.74) is 2.73.